The molecule has 9 heteroatoms. The third-order valence-electron chi connectivity index (χ3n) is 3.72. The minimum atomic E-state index is -0.768. The number of nitrogens with zero attached hydrogens (tertiary/aromatic N) is 4. The van der Waals surface area contributed by atoms with Gasteiger partial charge in [0.2, 0.25) is 0 Å². The SMILES string of the molecule is CCNC(=NCC(O)COc1ccc(F)cc1)NCCn1cnnc1CC. The van der Waals surface area contributed by atoms with Crippen molar-refractivity contribution in [3.8, 4) is 5.75 Å². The Hall–Kier alpha value is -2.68. The van der Waals surface area contributed by atoms with E-state index in [1.54, 1.807) is 6.33 Å². The number of aryl methyl sites for hydroxylation is 1. The van der Waals surface area contributed by atoms with E-state index in [-0.39, 0.29) is 19.0 Å². The summed E-state index contributed by atoms with van der Waals surface area (Å²) in [6, 6.07) is 5.67. The van der Waals surface area contributed by atoms with Crippen LogP contribution in [0.1, 0.15) is 19.7 Å². The van der Waals surface area contributed by atoms with E-state index in [2.05, 4.69) is 25.8 Å². The fraction of sp³-hybridized carbons (Fsp3) is 0.500. The van der Waals surface area contributed by atoms with E-state index in [0.29, 0.717) is 24.8 Å². The number of aliphatic hydroxyl groups excluding tert-OH is 1. The summed E-state index contributed by atoms with van der Waals surface area (Å²) >= 11 is 0. The Labute approximate surface area is 158 Å². The lowest BCUT2D eigenvalue weighted by molar-refractivity contribution is 0.114. The zero-order valence-electron chi connectivity index (χ0n) is 15.7. The molecule has 0 saturated heterocycles. The van der Waals surface area contributed by atoms with Gasteiger partial charge in [-0.05, 0) is 31.2 Å². The molecule has 2 rings (SSSR count). The average molecular weight is 378 g/mol. The number of hydrogen-bond donors (Lipinski definition) is 3. The Kier molecular flexibility index (Phi) is 8.50. The maximum Gasteiger partial charge on any atom is 0.191 e. The van der Waals surface area contributed by atoms with Gasteiger partial charge in [0, 0.05) is 26.1 Å². The Bertz CT molecular complexity index is 704. The number of rotatable bonds is 10. The van der Waals surface area contributed by atoms with Crippen molar-refractivity contribution in [2.24, 2.45) is 4.99 Å². The highest BCUT2D eigenvalue weighted by Gasteiger charge is 2.07. The predicted octanol–water partition coefficient (Wildman–Crippen LogP) is 0.975. The Morgan fingerprint density at radius 1 is 1.30 bits per heavy atom. The molecule has 3 N–H and O–H groups in total. The quantitative estimate of drug-likeness (QED) is 0.421. The number of hydrogen-bond acceptors (Lipinski definition) is 5. The van der Waals surface area contributed by atoms with Crippen molar-refractivity contribution in [1.29, 1.82) is 0 Å². The second-order valence-corrected chi connectivity index (χ2v) is 5.86. The van der Waals surface area contributed by atoms with E-state index < -0.39 is 6.10 Å². The van der Waals surface area contributed by atoms with Crippen LogP contribution in [-0.4, -0.2) is 58.2 Å². The van der Waals surface area contributed by atoms with E-state index in [9.17, 15) is 9.50 Å². The van der Waals surface area contributed by atoms with Gasteiger partial charge in [-0.25, -0.2) is 4.39 Å². The van der Waals surface area contributed by atoms with Crippen molar-refractivity contribution < 1.29 is 14.2 Å². The first kappa shape index (κ1) is 20.6. The normalized spacial score (nSPS) is 12.7. The molecule has 1 aromatic heterocycles. The predicted molar refractivity (Wildman–Crippen MR) is 101 cm³/mol. The number of ether oxygens (including phenoxy) is 1. The standard InChI is InChI=1S/C18H27FN6O2/c1-3-17-24-23-13-25(17)10-9-21-18(20-4-2)22-11-15(26)12-27-16-7-5-14(19)6-8-16/h5-8,13,15,26H,3-4,9-12H2,1-2H3,(H2,20,21,22). The maximum absolute atomic E-state index is 12.9. The summed E-state index contributed by atoms with van der Waals surface area (Å²) in [5.41, 5.74) is 0. The van der Waals surface area contributed by atoms with Gasteiger partial charge in [0.1, 0.15) is 36.4 Å². The average Bonchev–Trinajstić information content (AvgIpc) is 3.13. The molecule has 2 aromatic rings. The van der Waals surface area contributed by atoms with Gasteiger partial charge in [0.05, 0.1) is 6.54 Å². The molecule has 1 aromatic carbocycles. The van der Waals surface area contributed by atoms with Gasteiger partial charge in [-0.1, -0.05) is 6.92 Å². The van der Waals surface area contributed by atoms with Crippen LogP contribution >= 0.6 is 0 Å². The van der Waals surface area contributed by atoms with Crippen LogP contribution in [-0.2, 0) is 13.0 Å². The molecule has 148 valence electrons. The van der Waals surface area contributed by atoms with Crippen molar-refractivity contribution in [1.82, 2.24) is 25.4 Å². The summed E-state index contributed by atoms with van der Waals surface area (Å²) in [5, 5.41) is 24.3. The first-order valence-electron chi connectivity index (χ1n) is 9.07. The lowest BCUT2D eigenvalue weighted by Gasteiger charge is -2.14. The number of halogens is 1. The van der Waals surface area contributed by atoms with Gasteiger partial charge in [-0.2, -0.15) is 0 Å². The van der Waals surface area contributed by atoms with E-state index in [1.807, 2.05) is 18.4 Å². The summed E-state index contributed by atoms with van der Waals surface area (Å²) in [7, 11) is 0. The van der Waals surface area contributed by atoms with Crippen molar-refractivity contribution in [3.63, 3.8) is 0 Å². The van der Waals surface area contributed by atoms with Crippen LogP contribution in [0.4, 0.5) is 4.39 Å². The summed E-state index contributed by atoms with van der Waals surface area (Å²) in [6.45, 7) is 6.35. The van der Waals surface area contributed by atoms with Crippen molar-refractivity contribution in [2.45, 2.75) is 32.9 Å². The summed E-state index contributed by atoms with van der Waals surface area (Å²) in [4.78, 5) is 4.37. The second-order valence-electron chi connectivity index (χ2n) is 5.86. The van der Waals surface area contributed by atoms with Gasteiger partial charge in [-0.3, -0.25) is 4.99 Å². The smallest absolute Gasteiger partial charge is 0.191 e. The lowest BCUT2D eigenvalue weighted by Crippen LogP contribution is -2.39. The molecule has 1 heterocycles. The maximum atomic E-state index is 12.9. The van der Waals surface area contributed by atoms with E-state index in [4.69, 9.17) is 4.74 Å². The first-order valence-corrected chi connectivity index (χ1v) is 9.07. The summed E-state index contributed by atoms with van der Waals surface area (Å²) < 4.78 is 20.3. The van der Waals surface area contributed by atoms with Crippen LogP contribution in [0.2, 0.25) is 0 Å². The zero-order valence-corrected chi connectivity index (χ0v) is 15.7. The topological polar surface area (TPSA) is 96.6 Å². The highest BCUT2D eigenvalue weighted by Crippen LogP contribution is 2.11. The lowest BCUT2D eigenvalue weighted by atomic mass is 10.3. The van der Waals surface area contributed by atoms with Crippen LogP contribution in [0, 0.1) is 5.82 Å². The second kappa shape index (κ2) is 11.1. The number of aromatic nitrogens is 3. The Morgan fingerprint density at radius 2 is 2.07 bits per heavy atom. The molecule has 27 heavy (non-hydrogen) atoms. The number of nitrogens with one attached hydrogen (secondary N) is 2. The third-order valence-corrected chi connectivity index (χ3v) is 3.72. The minimum Gasteiger partial charge on any atom is -0.491 e. The van der Waals surface area contributed by atoms with Gasteiger partial charge >= 0.3 is 0 Å². The van der Waals surface area contributed by atoms with Crippen LogP contribution in [0.25, 0.3) is 0 Å². The molecular formula is C18H27FN6O2. The first-order chi connectivity index (χ1) is 13.1. The summed E-state index contributed by atoms with van der Waals surface area (Å²) in [5.74, 6) is 1.73. The van der Waals surface area contributed by atoms with Crippen molar-refractivity contribution in [3.05, 3.63) is 42.2 Å². The molecule has 1 atom stereocenters. The third kappa shape index (κ3) is 7.22. The number of benzene rings is 1. The number of guanidine groups is 1. The van der Waals surface area contributed by atoms with E-state index >= 15 is 0 Å². The fourth-order valence-electron chi connectivity index (χ4n) is 2.35. The van der Waals surface area contributed by atoms with Crippen LogP contribution in [0.15, 0.2) is 35.6 Å². The van der Waals surface area contributed by atoms with E-state index in [1.165, 1.54) is 24.3 Å². The Balaban J connectivity index is 1.76. The Morgan fingerprint density at radius 3 is 2.78 bits per heavy atom. The molecule has 0 saturated carbocycles. The van der Waals surface area contributed by atoms with Gasteiger partial charge in [0.15, 0.2) is 5.96 Å². The van der Waals surface area contributed by atoms with Crippen LogP contribution in [0.5, 0.6) is 5.75 Å². The molecule has 8 nitrogen and oxygen atoms in total. The fourth-order valence-corrected chi connectivity index (χ4v) is 2.35. The molecule has 0 aliphatic carbocycles. The highest BCUT2D eigenvalue weighted by molar-refractivity contribution is 5.79. The molecule has 1 unspecified atom stereocenters. The molecule has 0 amide bonds. The highest BCUT2D eigenvalue weighted by atomic mass is 19.1. The van der Waals surface area contributed by atoms with Gasteiger partial charge < -0.3 is 25.0 Å². The van der Waals surface area contributed by atoms with Crippen molar-refractivity contribution in [2.75, 3.05) is 26.2 Å². The number of aliphatic hydroxyl groups is 1. The van der Waals surface area contributed by atoms with Crippen LogP contribution in [0.3, 0.4) is 0 Å². The van der Waals surface area contributed by atoms with Crippen LogP contribution < -0.4 is 15.4 Å². The van der Waals surface area contributed by atoms with Gasteiger partial charge in [0.25, 0.3) is 0 Å². The zero-order chi connectivity index (χ0) is 19.5. The molecule has 0 aliphatic heterocycles. The molecule has 0 bridgehead atoms. The van der Waals surface area contributed by atoms with Gasteiger partial charge in [-0.15, -0.1) is 10.2 Å². The molecule has 0 radical (unpaired) electrons. The molecule has 0 aliphatic rings. The minimum absolute atomic E-state index is 0.0785. The number of aliphatic imine (C=N–C) groups is 1. The molecule has 0 spiro atoms. The monoisotopic (exact) mass is 378 g/mol. The summed E-state index contributed by atoms with van der Waals surface area (Å²) in [6.07, 6.45) is 1.77. The largest absolute Gasteiger partial charge is 0.491 e. The molecular weight excluding hydrogens is 351 g/mol. The van der Waals surface area contributed by atoms with E-state index in [0.717, 1.165) is 18.8 Å². The van der Waals surface area contributed by atoms with Crippen molar-refractivity contribution >= 4 is 5.96 Å². The molecule has 0 fully saturated rings.